The predicted octanol–water partition coefficient (Wildman–Crippen LogP) is 4.62. The summed E-state index contributed by atoms with van der Waals surface area (Å²) in [6, 6.07) is 22.9. The van der Waals surface area contributed by atoms with Gasteiger partial charge in [-0.05, 0) is 60.9 Å². The van der Waals surface area contributed by atoms with Crippen molar-refractivity contribution in [3.63, 3.8) is 0 Å². The first kappa shape index (κ1) is 20.6. The van der Waals surface area contributed by atoms with Crippen LogP contribution >= 0.6 is 15.9 Å². The number of nitrogens with zero attached hydrogens (tertiary/aromatic N) is 2. The van der Waals surface area contributed by atoms with Crippen LogP contribution < -0.4 is 9.21 Å². The largest absolute Gasteiger partial charge is 0.311 e. The first-order chi connectivity index (χ1) is 14.5. The maximum atomic E-state index is 13.4. The van der Waals surface area contributed by atoms with Crippen molar-refractivity contribution >= 4 is 43.2 Å². The molecule has 0 saturated carbocycles. The Morgan fingerprint density at radius 1 is 0.933 bits per heavy atom. The summed E-state index contributed by atoms with van der Waals surface area (Å²) in [5.41, 5.74) is 2.42. The van der Waals surface area contributed by atoms with Gasteiger partial charge in [-0.1, -0.05) is 52.3 Å². The lowest BCUT2D eigenvalue weighted by atomic mass is 10.0. The van der Waals surface area contributed by atoms with E-state index in [9.17, 15) is 13.2 Å². The number of sulfonamides is 1. The lowest BCUT2D eigenvalue weighted by molar-refractivity contribution is -0.117. The molecule has 4 rings (SSSR count). The van der Waals surface area contributed by atoms with Crippen LogP contribution in [0.2, 0.25) is 0 Å². The van der Waals surface area contributed by atoms with Crippen molar-refractivity contribution < 1.29 is 13.2 Å². The van der Waals surface area contributed by atoms with E-state index in [0.717, 1.165) is 28.6 Å². The summed E-state index contributed by atoms with van der Waals surface area (Å²) in [7, 11) is -3.91. The number of carbonyl (C=O) groups is 1. The van der Waals surface area contributed by atoms with Crippen LogP contribution in [0.25, 0.3) is 0 Å². The number of aryl methyl sites for hydroxylation is 1. The van der Waals surface area contributed by atoms with Gasteiger partial charge >= 0.3 is 0 Å². The van der Waals surface area contributed by atoms with Crippen molar-refractivity contribution in [2.24, 2.45) is 0 Å². The topological polar surface area (TPSA) is 57.7 Å². The quantitative estimate of drug-likeness (QED) is 0.530. The smallest absolute Gasteiger partial charge is 0.264 e. The Hall–Kier alpha value is -2.64. The van der Waals surface area contributed by atoms with Gasteiger partial charge in [0.2, 0.25) is 5.91 Å². The molecule has 0 aromatic heterocycles. The minimum atomic E-state index is -3.91. The number of rotatable bonds is 5. The lowest BCUT2D eigenvalue weighted by Crippen LogP contribution is -2.45. The Morgan fingerprint density at radius 3 is 2.33 bits per heavy atom. The summed E-state index contributed by atoms with van der Waals surface area (Å²) < 4.78 is 28.9. The molecule has 3 aromatic rings. The highest BCUT2D eigenvalue weighted by atomic mass is 79.9. The van der Waals surface area contributed by atoms with Gasteiger partial charge in [0.25, 0.3) is 10.0 Å². The summed E-state index contributed by atoms with van der Waals surface area (Å²) >= 11 is 3.38. The number of fused-ring (bicyclic) bond motifs is 1. The SMILES string of the molecule is O=C(CN(c1ccc(Br)cc1)S(=O)(=O)c1ccccc1)N1CCCc2ccccc21. The van der Waals surface area contributed by atoms with Gasteiger partial charge in [-0.2, -0.15) is 0 Å². The van der Waals surface area contributed by atoms with Crippen LogP contribution in [0.5, 0.6) is 0 Å². The highest BCUT2D eigenvalue weighted by Crippen LogP contribution is 2.29. The molecule has 0 atom stereocenters. The molecule has 1 heterocycles. The Kier molecular flexibility index (Phi) is 5.92. The Labute approximate surface area is 185 Å². The van der Waals surface area contributed by atoms with E-state index in [4.69, 9.17) is 0 Å². The number of anilines is 2. The Morgan fingerprint density at radius 2 is 1.60 bits per heavy atom. The highest BCUT2D eigenvalue weighted by molar-refractivity contribution is 9.10. The van der Waals surface area contributed by atoms with Crippen molar-refractivity contribution in [2.75, 3.05) is 22.3 Å². The zero-order valence-electron chi connectivity index (χ0n) is 16.2. The summed E-state index contributed by atoms with van der Waals surface area (Å²) in [4.78, 5) is 15.2. The van der Waals surface area contributed by atoms with Gasteiger partial charge in [-0.25, -0.2) is 8.42 Å². The first-order valence-electron chi connectivity index (χ1n) is 9.68. The van der Waals surface area contributed by atoms with Gasteiger partial charge < -0.3 is 4.90 Å². The molecule has 0 spiro atoms. The maximum absolute atomic E-state index is 13.4. The lowest BCUT2D eigenvalue weighted by Gasteiger charge is -2.32. The van der Waals surface area contributed by atoms with E-state index in [1.165, 1.54) is 4.31 Å². The van der Waals surface area contributed by atoms with E-state index < -0.39 is 10.0 Å². The van der Waals surface area contributed by atoms with Gasteiger partial charge in [0.1, 0.15) is 6.54 Å². The minimum Gasteiger partial charge on any atom is -0.311 e. The van der Waals surface area contributed by atoms with Crippen molar-refractivity contribution in [3.8, 4) is 0 Å². The van der Waals surface area contributed by atoms with Crippen molar-refractivity contribution in [3.05, 3.63) is 88.9 Å². The van der Waals surface area contributed by atoms with Crippen molar-refractivity contribution in [2.45, 2.75) is 17.7 Å². The molecule has 1 aliphatic rings. The average Bonchev–Trinajstić information content (AvgIpc) is 2.78. The Balaban J connectivity index is 1.71. The zero-order chi connectivity index (χ0) is 21.1. The van der Waals surface area contributed by atoms with E-state index in [1.54, 1.807) is 59.5 Å². The second-order valence-electron chi connectivity index (χ2n) is 7.08. The van der Waals surface area contributed by atoms with E-state index in [0.29, 0.717) is 12.2 Å². The van der Waals surface area contributed by atoms with E-state index in [2.05, 4.69) is 15.9 Å². The third-order valence-electron chi connectivity index (χ3n) is 5.14. The Bertz CT molecular complexity index is 1150. The molecule has 5 nitrogen and oxygen atoms in total. The summed E-state index contributed by atoms with van der Waals surface area (Å²) in [5.74, 6) is -0.246. The van der Waals surface area contributed by atoms with Crippen molar-refractivity contribution in [1.82, 2.24) is 0 Å². The zero-order valence-corrected chi connectivity index (χ0v) is 18.6. The molecular formula is C23H21BrN2O3S. The number of hydrogen-bond donors (Lipinski definition) is 0. The maximum Gasteiger partial charge on any atom is 0.264 e. The molecule has 1 amide bonds. The number of halogens is 1. The van der Waals surface area contributed by atoms with Crippen molar-refractivity contribution in [1.29, 1.82) is 0 Å². The first-order valence-corrected chi connectivity index (χ1v) is 11.9. The van der Waals surface area contributed by atoms with Gasteiger partial charge in [-0.15, -0.1) is 0 Å². The van der Waals surface area contributed by atoms with Crippen LogP contribution in [-0.4, -0.2) is 27.4 Å². The summed E-state index contributed by atoms with van der Waals surface area (Å²) in [6.45, 7) is 0.308. The van der Waals surface area contributed by atoms with E-state index >= 15 is 0 Å². The van der Waals surface area contributed by atoms with Crippen LogP contribution in [0, 0.1) is 0 Å². The molecule has 0 radical (unpaired) electrons. The van der Waals surface area contributed by atoms with E-state index in [1.807, 2.05) is 24.3 Å². The number of amides is 1. The van der Waals surface area contributed by atoms with E-state index in [-0.39, 0.29) is 17.3 Å². The molecule has 0 bridgehead atoms. The monoisotopic (exact) mass is 484 g/mol. The predicted molar refractivity (Wildman–Crippen MR) is 122 cm³/mol. The molecule has 3 aromatic carbocycles. The van der Waals surface area contributed by atoms with Crippen LogP contribution in [-0.2, 0) is 21.2 Å². The number of para-hydroxylation sites is 1. The molecule has 154 valence electrons. The summed E-state index contributed by atoms with van der Waals surface area (Å²) in [5, 5.41) is 0. The molecule has 0 aliphatic carbocycles. The summed E-state index contributed by atoms with van der Waals surface area (Å²) in [6.07, 6.45) is 1.77. The van der Waals surface area contributed by atoms with Gasteiger partial charge in [0, 0.05) is 16.7 Å². The molecule has 0 fully saturated rings. The average molecular weight is 485 g/mol. The highest BCUT2D eigenvalue weighted by Gasteiger charge is 2.30. The number of carbonyl (C=O) groups excluding carboxylic acids is 1. The fourth-order valence-electron chi connectivity index (χ4n) is 3.64. The molecule has 0 N–H and O–H groups in total. The third kappa shape index (κ3) is 4.13. The standard InChI is InChI=1S/C23H21BrN2O3S/c24-19-12-14-20(15-13-19)26(30(28,29)21-9-2-1-3-10-21)17-23(27)25-16-6-8-18-7-4-5-11-22(18)25/h1-5,7,9-15H,6,8,16-17H2. The molecular weight excluding hydrogens is 464 g/mol. The normalized spacial score (nSPS) is 13.6. The second kappa shape index (κ2) is 8.62. The minimum absolute atomic E-state index is 0.153. The fourth-order valence-corrected chi connectivity index (χ4v) is 5.34. The molecule has 7 heteroatoms. The van der Waals surface area contributed by atoms with Gasteiger partial charge in [0.15, 0.2) is 0 Å². The molecule has 30 heavy (non-hydrogen) atoms. The molecule has 0 saturated heterocycles. The molecule has 0 unspecified atom stereocenters. The molecule has 1 aliphatic heterocycles. The third-order valence-corrected chi connectivity index (χ3v) is 7.45. The number of hydrogen-bond acceptors (Lipinski definition) is 3. The van der Waals surface area contributed by atoms with Gasteiger partial charge in [0.05, 0.1) is 10.6 Å². The van der Waals surface area contributed by atoms with Crippen LogP contribution in [0.3, 0.4) is 0 Å². The number of benzene rings is 3. The fraction of sp³-hybridized carbons (Fsp3) is 0.174. The van der Waals surface area contributed by atoms with Crippen LogP contribution in [0.4, 0.5) is 11.4 Å². The second-order valence-corrected chi connectivity index (χ2v) is 9.86. The van der Waals surface area contributed by atoms with Crippen LogP contribution in [0.1, 0.15) is 12.0 Å². The van der Waals surface area contributed by atoms with Gasteiger partial charge in [-0.3, -0.25) is 9.10 Å². The van der Waals surface area contributed by atoms with Crippen LogP contribution in [0.15, 0.2) is 88.2 Å².